The van der Waals surface area contributed by atoms with Crippen molar-refractivity contribution in [2.24, 2.45) is 5.92 Å². The van der Waals surface area contributed by atoms with Gasteiger partial charge in [0, 0.05) is 41.9 Å². The maximum Gasteiger partial charge on any atom is 0.407 e. The summed E-state index contributed by atoms with van der Waals surface area (Å²) in [5.74, 6) is 1.93. The second kappa shape index (κ2) is 12.3. The van der Waals surface area contributed by atoms with Crippen LogP contribution in [0.3, 0.4) is 0 Å². The smallest absolute Gasteiger partial charge is 0.407 e. The fraction of sp³-hybridized carbons (Fsp3) is 0.312. The minimum Gasteiger partial charge on any atom is -0.457 e. The van der Waals surface area contributed by atoms with E-state index in [9.17, 15) is 9.59 Å². The first-order valence-electron chi connectivity index (χ1n) is 14.1. The van der Waals surface area contributed by atoms with Gasteiger partial charge in [0.15, 0.2) is 5.95 Å². The van der Waals surface area contributed by atoms with Crippen LogP contribution in [0.1, 0.15) is 52.0 Å². The third-order valence-electron chi connectivity index (χ3n) is 6.89. The molecule has 1 heterocycles. The van der Waals surface area contributed by atoms with Crippen molar-refractivity contribution in [3.63, 3.8) is 0 Å². The molecule has 0 atom stereocenters. The summed E-state index contributed by atoms with van der Waals surface area (Å²) >= 11 is 0. The third kappa shape index (κ3) is 7.95. The van der Waals surface area contributed by atoms with Crippen LogP contribution < -0.4 is 25.8 Å². The SMILES string of the molecule is CC(C)(C)OC(=O)NC1CCC(C(=O)Nc2cc(Oc3ccc(C#N)cc3)cc(Oc3ccc4nc(N)[nH]c4c3)c2)CC1. The van der Waals surface area contributed by atoms with Crippen LogP contribution >= 0.6 is 0 Å². The van der Waals surface area contributed by atoms with E-state index in [1.165, 1.54) is 0 Å². The second-order valence-electron chi connectivity index (χ2n) is 11.5. The molecule has 1 saturated carbocycles. The Bertz CT molecular complexity index is 1660. The minimum atomic E-state index is -0.568. The van der Waals surface area contributed by atoms with Crippen LogP contribution in [-0.2, 0) is 9.53 Å². The first-order chi connectivity index (χ1) is 20.5. The number of rotatable bonds is 7. The van der Waals surface area contributed by atoms with Gasteiger partial charge in [-0.3, -0.25) is 4.79 Å². The Labute approximate surface area is 249 Å². The molecular formula is C32H34N6O5. The number of H-pyrrole nitrogens is 1. The number of benzene rings is 3. The number of carbonyl (C=O) groups is 2. The molecule has 1 aliphatic rings. The Morgan fingerprint density at radius 2 is 1.58 bits per heavy atom. The molecule has 43 heavy (non-hydrogen) atoms. The predicted octanol–water partition coefficient (Wildman–Crippen LogP) is 6.62. The molecule has 11 heteroatoms. The van der Waals surface area contributed by atoms with Gasteiger partial charge in [-0.25, -0.2) is 9.78 Å². The lowest BCUT2D eigenvalue weighted by atomic mass is 9.85. The van der Waals surface area contributed by atoms with E-state index in [1.807, 2.05) is 20.8 Å². The monoisotopic (exact) mass is 582 g/mol. The number of fused-ring (bicyclic) bond motifs is 1. The standard InChI is InChI=1S/C32H34N6O5/c1-32(2,3)43-31(40)36-21-8-6-20(7-9-21)29(39)35-22-14-25(41-23-10-4-19(18-33)5-11-23)16-26(15-22)42-24-12-13-27-28(17-24)38-30(34)37-27/h4-5,10-17,20-21H,6-9H2,1-3H3,(H,35,39)(H,36,40)(H3,34,37,38). The van der Waals surface area contributed by atoms with E-state index in [0.29, 0.717) is 71.4 Å². The topological polar surface area (TPSA) is 164 Å². The molecule has 0 aliphatic heterocycles. The quantitative estimate of drug-likeness (QED) is 0.189. The normalized spacial score (nSPS) is 16.6. The van der Waals surface area contributed by atoms with Gasteiger partial charge in [-0.05, 0) is 82.9 Å². The second-order valence-corrected chi connectivity index (χ2v) is 11.5. The predicted molar refractivity (Wildman–Crippen MR) is 162 cm³/mol. The molecule has 222 valence electrons. The van der Waals surface area contributed by atoms with E-state index in [1.54, 1.807) is 60.7 Å². The van der Waals surface area contributed by atoms with Crippen LogP contribution in [-0.4, -0.2) is 33.6 Å². The molecule has 3 aromatic carbocycles. The Morgan fingerprint density at radius 1 is 0.930 bits per heavy atom. The third-order valence-corrected chi connectivity index (χ3v) is 6.89. The number of nitrogens with two attached hydrogens (primary N) is 1. The molecule has 4 aromatic rings. The lowest BCUT2D eigenvalue weighted by molar-refractivity contribution is -0.120. The van der Waals surface area contributed by atoms with Crippen molar-refractivity contribution >= 4 is 34.7 Å². The van der Waals surface area contributed by atoms with E-state index in [2.05, 4.69) is 26.7 Å². The number of ether oxygens (including phenoxy) is 3. The maximum absolute atomic E-state index is 13.3. The molecule has 1 aromatic heterocycles. The van der Waals surface area contributed by atoms with Gasteiger partial charge in [0.25, 0.3) is 0 Å². The van der Waals surface area contributed by atoms with Gasteiger partial charge in [0.05, 0.1) is 22.7 Å². The highest BCUT2D eigenvalue weighted by Gasteiger charge is 2.28. The number of nitrogens with zero attached hydrogens (tertiary/aromatic N) is 2. The molecule has 0 radical (unpaired) electrons. The van der Waals surface area contributed by atoms with Gasteiger partial charge in [0.2, 0.25) is 5.91 Å². The van der Waals surface area contributed by atoms with Gasteiger partial charge in [0.1, 0.15) is 28.6 Å². The number of anilines is 2. The lowest BCUT2D eigenvalue weighted by Gasteiger charge is -2.29. The van der Waals surface area contributed by atoms with Crippen molar-refractivity contribution in [2.75, 3.05) is 11.1 Å². The van der Waals surface area contributed by atoms with E-state index in [-0.39, 0.29) is 17.9 Å². The highest BCUT2D eigenvalue weighted by molar-refractivity contribution is 5.93. The van der Waals surface area contributed by atoms with Gasteiger partial charge < -0.3 is 35.6 Å². The molecular weight excluding hydrogens is 548 g/mol. The van der Waals surface area contributed by atoms with E-state index in [0.717, 1.165) is 5.52 Å². The van der Waals surface area contributed by atoms with Crippen LogP contribution in [0.5, 0.6) is 23.0 Å². The van der Waals surface area contributed by atoms with Gasteiger partial charge in [-0.1, -0.05) is 0 Å². The zero-order valence-corrected chi connectivity index (χ0v) is 24.3. The van der Waals surface area contributed by atoms with E-state index >= 15 is 0 Å². The summed E-state index contributed by atoms with van der Waals surface area (Å²) in [4.78, 5) is 32.6. The van der Waals surface area contributed by atoms with Crippen molar-refractivity contribution in [2.45, 2.75) is 58.1 Å². The van der Waals surface area contributed by atoms with Crippen molar-refractivity contribution in [1.82, 2.24) is 15.3 Å². The number of nitrogens with one attached hydrogen (secondary N) is 3. The molecule has 0 unspecified atom stereocenters. The molecule has 0 saturated heterocycles. The van der Waals surface area contributed by atoms with Gasteiger partial charge in [-0.15, -0.1) is 0 Å². The van der Waals surface area contributed by atoms with Gasteiger partial charge in [-0.2, -0.15) is 5.26 Å². The van der Waals surface area contributed by atoms with Crippen molar-refractivity contribution in [3.05, 3.63) is 66.2 Å². The number of alkyl carbamates (subject to hydrolysis) is 1. The number of hydrogen-bond donors (Lipinski definition) is 4. The fourth-order valence-electron chi connectivity index (χ4n) is 4.92. The summed E-state index contributed by atoms with van der Waals surface area (Å²) in [6.07, 6.45) is 2.17. The van der Waals surface area contributed by atoms with Crippen molar-refractivity contribution in [1.29, 1.82) is 5.26 Å². The molecule has 11 nitrogen and oxygen atoms in total. The summed E-state index contributed by atoms with van der Waals surface area (Å²) in [5, 5.41) is 15.0. The molecule has 0 bridgehead atoms. The van der Waals surface area contributed by atoms with Gasteiger partial charge >= 0.3 is 6.09 Å². The van der Waals surface area contributed by atoms with E-state index < -0.39 is 11.7 Å². The Balaban J connectivity index is 1.29. The number of nitrogen functional groups attached to an aromatic ring is 1. The Kier molecular flexibility index (Phi) is 8.39. The molecule has 5 N–H and O–H groups in total. The summed E-state index contributed by atoms with van der Waals surface area (Å²) in [6.45, 7) is 5.47. The summed E-state index contributed by atoms with van der Waals surface area (Å²) < 4.78 is 17.6. The van der Waals surface area contributed by atoms with E-state index in [4.69, 9.17) is 25.2 Å². The first kappa shape index (κ1) is 29.3. The molecule has 0 spiro atoms. The Morgan fingerprint density at radius 3 is 2.23 bits per heavy atom. The zero-order chi connectivity index (χ0) is 30.6. The number of imidazole rings is 1. The van der Waals surface area contributed by atoms with Crippen LogP contribution in [0.15, 0.2) is 60.7 Å². The summed E-state index contributed by atoms with van der Waals surface area (Å²) in [7, 11) is 0. The zero-order valence-electron chi connectivity index (χ0n) is 24.3. The number of hydrogen-bond acceptors (Lipinski definition) is 8. The molecule has 1 aliphatic carbocycles. The number of nitriles is 1. The number of aromatic amines is 1. The molecule has 2 amide bonds. The van der Waals surface area contributed by atoms with Crippen LogP contribution in [0, 0.1) is 17.2 Å². The van der Waals surface area contributed by atoms with Crippen molar-refractivity contribution < 1.29 is 23.8 Å². The fourth-order valence-corrected chi connectivity index (χ4v) is 4.92. The largest absolute Gasteiger partial charge is 0.457 e. The lowest BCUT2D eigenvalue weighted by Crippen LogP contribution is -2.42. The summed E-state index contributed by atoms with van der Waals surface area (Å²) in [5.41, 5.74) is 7.67. The number of amides is 2. The first-order valence-corrected chi connectivity index (χ1v) is 14.1. The average molecular weight is 583 g/mol. The highest BCUT2D eigenvalue weighted by atomic mass is 16.6. The highest BCUT2D eigenvalue weighted by Crippen LogP contribution is 2.34. The average Bonchev–Trinajstić information content (AvgIpc) is 3.32. The van der Waals surface area contributed by atoms with Crippen molar-refractivity contribution in [3.8, 4) is 29.1 Å². The number of aromatic nitrogens is 2. The van der Waals surface area contributed by atoms with Crippen LogP contribution in [0.25, 0.3) is 11.0 Å². The number of carbonyl (C=O) groups excluding carboxylic acids is 2. The Hall–Kier alpha value is -5.24. The maximum atomic E-state index is 13.3. The van der Waals surface area contributed by atoms with Crippen LogP contribution in [0.2, 0.25) is 0 Å². The summed E-state index contributed by atoms with van der Waals surface area (Å²) in [6, 6.07) is 19.3. The minimum absolute atomic E-state index is 0.0365. The van der Waals surface area contributed by atoms with Crippen LogP contribution in [0.4, 0.5) is 16.4 Å². The molecule has 5 rings (SSSR count). The molecule has 1 fully saturated rings.